The van der Waals surface area contributed by atoms with Crippen molar-refractivity contribution >= 4 is 40.2 Å². The van der Waals surface area contributed by atoms with Gasteiger partial charge in [-0.25, -0.2) is 0 Å². The largest absolute Gasteiger partial charge is 0.481 e. The molecule has 90 valence electrons. The van der Waals surface area contributed by atoms with Crippen LogP contribution in [0.2, 0.25) is 0 Å². The molecule has 0 spiro atoms. The molecule has 17 heavy (non-hydrogen) atoms. The van der Waals surface area contributed by atoms with Crippen molar-refractivity contribution in [2.75, 3.05) is 11.4 Å². The van der Waals surface area contributed by atoms with Crippen LogP contribution < -0.4 is 4.90 Å². The molecule has 2 rings (SSSR count). The van der Waals surface area contributed by atoms with E-state index in [-0.39, 0.29) is 18.9 Å². The first-order valence-corrected chi connectivity index (χ1v) is 6.36. The van der Waals surface area contributed by atoms with Crippen LogP contribution in [0.3, 0.4) is 0 Å². The molecule has 1 unspecified atom stereocenters. The lowest BCUT2D eigenvalue weighted by Gasteiger charge is -2.18. The number of aliphatic carboxylic acids is 1. The van der Waals surface area contributed by atoms with Gasteiger partial charge in [-0.05, 0) is 53.3 Å². The Balaban J connectivity index is 2.29. The van der Waals surface area contributed by atoms with E-state index in [2.05, 4.69) is 22.6 Å². The Bertz CT molecular complexity index is 487. The minimum Gasteiger partial charge on any atom is -0.481 e. The van der Waals surface area contributed by atoms with Crippen molar-refractivity contribution < 1.29 is 14.7 Å². The molecule has 1 atom stereocenters. The normalized spacial score (nSPS) is 19.8. The number of anilines is 1. The summed E-state index contributed by atoms with van der Waals surface area (Å²) in [4.78, 5) is 24.2. The molecule has 5 heteroatoms. The van der Waals surface area contributed by atoms with Gasteiger partial charge in [-0.2, -0.15) is 0 Å². The molecule has 1 saturated heterocycles. The first kappa shape index (κ1) is 12.3. The average Bonchev–Trinajstić information content (AvgIpc) is 2.61. The Morgan fingerprint density at radius 2 is 2.24 bits per heavy atom. The molecule has 0 aliphatic carbocycles. The van der Waals surface area contributed by atoms with E-state index in [1.165, 1.54) is 0 Å². The number of nitrogens with zero attached hydrogens (tertiary/aromatic N) is 1. The summed E-state index contributed by atoms with van der Waals surface area (Å²) in [7, 11) is 0. The van der Waals surface area contributed by atoms with Gasteiger partial charge in [0.1, 0.15) is 0 Å². The van der Waals surface area contributed by atoms with Crippen molar-refractivity contribution in [3.8, 4) is 0 Å². The number of hydrogen-bond donors (Lipinski definition) is 1. The van der Waals surface area contributed by atoms with Crippen molar-refractivity contribution in [2.24, 2.45) is 5.92 Å². The van der Waals surface area contributed by atoms with E-state index < -0.39 is 11.9 Å². The highest BCUT2D eigenvalue weighted by Gasteiger charge is 2.35. The number of carboxylic acid groups (broad SMARTS) is 1. The second-order valence-electron chi connectivity index (χ2n) is 4.17. The van der Waals surface area contributed by atoms with Crippen molar-refractivity contribution in [1.82, 2.24) is 0 Å². The van der Waals surface area contributed by atoms with Crippen LogP contribution in [-0.2, 0) is 9.59 Å². The summed E-state index contributed by atoms with van der Waals surface area (Å²) in [5.41, 5.74) is 1.82. The molecule has 1 aliphatic heterocycles. The van der Waals surface area contributed by atoms with Crippen LogP contribution in [0.1, 0.15) is 12.0 Å². The quantitative estimate of drug-likeness (QED) is 0.835. The van der Waals surface area contributed by atoms with Gasteiger partial charge in [0.15, 0.2) is 0 Å². The second-order valence-corrected chi connectivity index (χ2v) is 5.42. The van der Waals surface area contributed by atoms with E-state index in [4.69, 9.17) is 5.11 Å². The maximum absolute atomic E-state index is 11.8. The van der Waals surface area contributed by atoms with E-state index in [1.807, 2.05) is 25.1 Å². The fourth-order valence-electron chi connectivity index (χ4n) is 2.03. The number of benzene rings is 1. The molecule has 1 N–H and O–H groups in total. The summed E-state index contributed by atoms with van der Waals surface area (Å²) >= 11 is 2.21. The van der Waals surface area contributed by atoms with Gasteiger partial charge in [-0.1, -0.05) is 0 Å². The number of carbonyl (C=O) groups excluding carboxylic acids is 1. The maximum atomic E-state index is 11.8. The second kappa shape index (κ2) is 4.64. The Morgan fingerprint density at radius 1 is 1.53 bits per heavy atom. The minimum absolute atomic E-state index is 0.0980. The highest BCUT2D eigenvalue weighted by atomic mass is 127. The Labute approximate surface area is 113 Å². The van der Waals surface area contributed by atoms with Gasteiger partial charge >= 0.3 is 5.97 Å². The molecule has 1 aromatic rings. The van der Waals surface area contributed by atoms with Crippen LogP contribution in [0.15, 0.2) is 18.2 Å². The maximum Gasteiger partial charge on any atom is 0.308 e. The highest BCUT2D eigenvalue weighted by Crippen LogP contribution is 2.28. The molecule has 1 amide bonds. The standard InChI is InChI=1S/C12H12INO3/c1-7-4-9(13)2-3-10(7)14-6-8(12(16)17)5-11(14)15/h2-4,8H,5-6H2,1H3,(H,16,17). The first-order valence-electron chi connectivity index (χ1n) is 5.28. The fraction of sp³-hybridized carbons (Fsp3) is 0.333. The van der Waals surface area contributed by atoms with Crippen LogP contribution in [0, 0.1) is 16.4 Å². The van der Waals surface area contributed by atoms with Crippen molar-refractivity contribution in [2.45, 2.75) is 13.3 Å². The summed E-state index contributed by atoms with van der Waals surface area (Å²) < 4.78 is 1.10. The zero-order chi connectivity index (χ0) is 12.6. The third kappa shape index (κ3) is 2.43. The van der Waals surface area contributed by atoms with Crippen molar-refractivity contribution in [1.29, 1.82) is 0 Å². The molecule has 1 fully saturated rings. The van der Waals surface area contributed by atoms with Crippen LogP contribution >= 0.6 is 22.6 Å². The Hall–Kier alpha value is -1.11. The van der Waals surface area contributed by atoms with Crippen molar-refractivity contribution in [3.05, 3.63) is 27.3 Å². The molecule has 0 saturated carbocycles. The van der Waals surface area contributed by atoms with E-state index in [0.29, 0.717) is 0 Å². The van der Waals surface area contributed by atoms with Crippen LogP contribution in [0.25, 0.3) is 0 Å². The minimum atomic E-state index is -0.899. The lowest BCUT2D eigenvalue weighted by Crippen LogP contribution is -2.26. The molecule has 1 aromatic carbocycles. The van der Waals surface area contributed by atoms with Gasteiger partial charge in [0.25, 0.3) is 0 Å². The molecular formula is C12H12INO3. The predicted molar refractivity (Wildman–Crippen MR) is 72.0 cm³/mol. The molecule has 4 nitrogen and oxygen atoms in total. The van der Waals surface area contributed by atoms with E-state index in [1.54, 1.807) is 4.90 Å². The van der Waals surface area contributed by atoms with Gasteiger partial charge in [-0.15, -0.1) is 0 Å². The fourth-order valence-corrected chi connectivity index (χ4v) is 2.67. The summed E-state index contributed by atoms with van der Waals surface area (Å²) in [6, 6.07) is 5.78. The monoisotopic (exact) mass is 345 g/mol. The van der Waals surface area contributed by atoms with Gasteiger partial charge in [-0.3, -0.25) is 9.59 Å². The zero-order valence-electron chi connectivity index (χ0n) is 9.31. The number of carboxylic acids is 1. The van der Waals surface area contributed by atoms with Gasteiger partial charge in [0.05, 0.1) is 5.92 Å². The average molecular weight is 345 g/mol. The smallest absolute Gasteiger partial charge is 0.308 e. The number of carbonyl (C=O) groups is 2. The Kier molecular flexibility index (Phi) is 3.37. The molecule has 1 heterocycles. The summed E-state index contributed by atoms with van der Waals surface area (Å²) in [6.07, 6.45) is 0.0980. The molecular weight excluding hydrogens is 333 g/mol. The number of rotatable bonds is 2. The number of aryl methyl sites for hydroxylation is 1. The molecule has 1 aliphatic rings. The number of halogens is 1. The topological polar surface area (TPSA) is 57.6 Å². The summed E-state index contributed by atoms with van der Waals surface area (Å²) in [5, 5.41) is 8.93. The third-order valence-electron chi connectivity index (χ3n) is 2.92. The Morgan fingerprint density at radius 3 is 2.76 bits per heavy atom. The number of hydrogen-bond acceptors (Lipinski definition) is 2. The van der Waals surface area contributed by atoms with Gasteiger partial charge in [0, 0.05) is 22.2 Å². The summed E-state index contributed by atoms with van der Waals surface area (Å²) in [5.74, 6) is -1.59. The summed E-state index contributed by atoms with van der Waals surface area (Å²) in [6.45, 7) is 2.20. The highest BCUT2D eigenvalue weighted by molar-refractivity contribution is 14.1. The van der Waals surface area contributed by atoms with Gasteiger partial charge in [0.2, 0.25) is 5.91 Å². The van der Waals surface area contributed by atoms with Crippen LogP contribution in [0.5, 0.6) is 0 Å². The third-order valence-corrected chi connectivity index (χ3v) is 3.59. The van der Waals surface area contributed by atoms with E-state index in [0.717, 1.165) is 14.8 Å². The van der Waals surface area contributed by atoms with E-state index in [9.17, 15) is 9.59 Å². The number of amides is 1. The van der Waals surface area contributed by atoms with Crippen LogP contribution in [0.4, 0.5) is 5.69 Å². The molecule has 0 aromatic heterocycles. The van der Waals surface area contributed by atoms with Crippen LogP contribution in [-0.4, -0.2) is 23.5 Å². The predicted octanol–water partition coefficient (Wildman–Crippen LogP) is 2.04. The molecule has 0 bridgehead atoms. The van der Waals surface area contributed by atoms with E-state index >= 15 is 0 Å². The zero-order valence-corrected chi connectivity index (χ0v) is 11.5. The van der Waals surface area contributed by atoms with Gasteiger partial charge < -0.3 is 10.0 Å². The molecule has 0 radical (unpaired) electrons. The lowest BCUT2D eigenvalue weighted by molar-refractivity contribution is -0.141. The first-order chi connectivity index (χ1) is 7.99. The SMILES string of the molecule is Cc1cc(I)ccc1N1CC(C(=O)O)CC1=O. The van der Waals surface area contributed by atoms with Crippen molar-refractivity contribution in [3.63, 3.8) is 0 Å². The lowest BCUT2D eigenvalue weighted by atomic mass is 10.1.